The van der Waals surface area contributed by atoms with Crippen molar-refractivity contribution in [1.82, 2.24) is 0 Å². The zero-order chi connectivity index (χ0) is 7.11. The average molecular weight is 132 g/mol. The fourth-order valence-corrected chi connectivity index (χ4v) is 0.518. The molecule has 0 aliphatic rings. The van der Waals surface area contributed by atoms with Crippen LogP contribution in [0.25, 0.3) is 0 Å². The summed E-state index contributed by atoms with van der Waals surface area (Å²) in [5.41, 5.74) is 0.681. The van der Waals surface area contributed by atoms with E-state index in [0.29, 0.717) is 12.0 Å². The predicted molar refractivity (Wildman–Crippen MR) is 34.0 cm³/mol. The van der Waals surface area contributed by atoms with Gasteiger partial charge < -0.3 is 15.3 Å². The van der Waals surface area contributed by atoms with Gasteiger partial charge in [0.25, 0.3) is 0 Å². The fourth-order valence-electron chi connectivity index (χ4n) is 0.518. The summed E-state index contributed by atoms with van der Waals surface area (Å²) in [6.45, 7) is -0.136. The molecule has 3 heteroatoms. The van der Waals surface area contributed by atoms with Crippen LogP contribution < -0.4 is 0 Å². The molecule has 0 aromatic carbocycles. The quantitative estimate of drug-likeness (QED) is 0.442. The van der Waals surface area contributed by atoms with Gasteiger partial charge in [-0.1, -0.05) is 6.08 Å². The largest absolute Gasteiger partial charge is 0.396 e. The Labute approximate surface area is 54.3 Å². The van der Waals surface area contributed by atoms with Crippen LogP contribution >= 0.6 is 0 Å². The fraction of sp³-hybridized carbons (Fsp3) is 0.667. The molecule has 54 valence electrons. The highest BCUT2D eigenvalue weighted by Crippen LogP contribution is 1.96. The zero-order valence-electron chi connectivity index (χ0n) is 5.25. The molecule has 0 atom stereocenters. The monoisotopic (exact) mass is 132 g/mol. The molecule has 9 heavy (non-hydrogen) atoms. The van der Waals surface area contributed by atoms with Crippen LogP contribution in [-0.2, 0) is 0 Å². The van der Waals surface area contributed by atoms with E-state index in [1.807, 2.05) is 0 Å². The lowest BCUT2D eigenvalue weighted by molar-refractivity contribution is 0.275. The van der Waals surface area contributed by atoms with Crippen LogP contribution in [0.1, 0.15) is 6.42 Å². The Balaban J connectivity index is 3.53. The Kier molecular flexibility index (Phi) is 5.51. The van der Waals surface area contributed by atoms with Crippen LogP contribution in [0.3, 0.4) is 0 Å². The van der Waals surface area contributed by atoms with Gasteiger partial charge in [0, 0.05) is 6.61 Å². The van der Waals surface area contributed by atoms with Crippen LogP contribution in [0, 0.1) is 0 Å². The normalized spacial score (nSPS) is 12.1. The lowest BCUT2D eigenvalue weighted by atomic mass is 10.2. The third-order valence-corrected chi connectivity index (χ3v) is 1.02. The number of hydrogen-bond donors (Lipinski definition) is 3. The summed E-state index contributed by atoms with van der Waals surface area (Å²) >= 11 is 0. The second-order valence-electron chi connectivity index (χ2n) is 1.68. The van der Waals surface area contributed by atoms with E-state index < -0.39 is 0 Å². The molecule has 0 heterocycles. The molecule has 0 aliphatic carbocycles. The first-order chi connectivity index (χ1) is 4.35. The Morgan fingerprint density at radius 1 is 1.22 bits per heavy atom. The first-order valence-electron chi connectivity index (χ1n) is 2.85. The molecule has 3 nitrogen and oxygen atoms in total. The topological polar surface area (TPSA) is 60.7 Å². The Morgan fingerprint density at radius 3 is 2.22 bits per heavy atom. The Bertz CT molecular complexity index is 88.3. The van der Waals surface area contributed by atoms with Crippen molar-refractivity contribution < 1.29 is 15.3 Å². The lowest BCUT2D eigenvalue weighted by Gasteiger charge is -1.97. The summed E-state index contributed by atoms with van der Waals surface area (Å²) in [6.07, 6.45) is 1.94. The predicted octanol–water partition coefficient (Wildman–Crippen LogP) is -0.720. The van der Waals surface area contributed by atoms with Crippen molar-refractivity contribution in [1.29, 1.82) is 0 Å². The molecule has 0 saturated heterocycles. The average Bonchev–Trinajstić information content (AvgIpc) is 1.88. The maximum absolute atomic E-state index is 8.50. The van der Waals surface area contributed by atoms with E-state index in [1.165, 1.54) is 6.08 Å². The van der Waals surface area contributed by atoms with Gasteiger partial charge in [-0.15, -0.1) is 0 Å². The van der Waals surface area contributed by atoms with Crippen molar-refractivity contribution >= 4 is 0 Å². The second-order valence-corrected chi connectivity index (χ2v) is 1.68. The van der Waals surface area contributed by atoms with Gasteiger partial charge in [-0.3, -0.25) is 0 Å². The molecular weight excluding hydrogens is 120 g/mol. The smallest absolute Gasteiger partial charge is 0.0643 e. The van der Waals surface area contributed by atoms with Gasteiger partial charge in [-0.25, -0.2) is 0 Å². The Hall–Kier alpha value is -0.380. The molecule has 0 fully saturated rings. The van der Waals surface area contributed by atoms with E-state index in [1.54, 1.807) is 0 Å². The molecule has 0 spiro atoms. The number of aliphatic hydroxyl groups is 3. The molecule has 0 saturated carbocycles. The molecule has 0 aromatic heterocycles. The van der Waals surface area contributed by atoms with Crippen molar-refractivity contribution in [2.45, 2.75) is 6.42 Å². The van der Waals surface area contributed by atoms with Crippen molar-refractivity contribution in [3.63, 3.8) is 0 Å². The summed E-state index contributed by atoms with van der Waals surface area (Å²) < 4.78 is 0. The minimum absolute atomic E-state index is 0.0202. The maximum atomic E-state index is 8.50. The van der Waals surface area contributed by atoms with E-state index in [0.717, 1.165) is 0 Å². The highest BCUT2D eigenvalue weighted by molar-refractivity contribution is 5.01. The van der Waals surface area contributed by atoms with Crippen molar-refractivity contribution in [3.8, 4) is 0 Å². The lowest BCUT2D eigenvalue weighted by Crippen LogP contribution is -1.95. The van der Waals surface area contributed by atoms with Gasteiger partial charge in [0.05, 0.1) is 13.2 Å². The minimum atomic E-state index is -0.0822. The zero-order valence-corrected chi connectivity index (χ0v) is 5.25. The molecule has 0 aliphatic heterocycles. The summed E-state index contributed by atoms with van der Waals surface area (Å²) in [5, 5.41) is 25.2. The minimum Gasteiger partial charge on any atom is -0.396 e. The molecular formula is C6H12O3. The van der Waals surface area contributed by atoms with Crippen LogP contribution in [-0.4, -0.2) is 35.1 Å². The molecule has 0 bridgehead atoms. The third-order valence-electron chi connectivity index (χ3n) is 1.02. The van der Waals surface area contributed by atoms with Gasteiger partial charge in [-0.2, -0.15) is 0 Å². The van der Waals surface area contributed by atoms with E-state index >= 15 is 0 Å². The second kappa shape index (κ2) is 5.75. The molecule has 0 radical (unpaired) electrons. The van der Waals surface area contributed by atoms with Gasteiger partial charge in [-0.05, 0) is 12.0 Å². The van der Waals surface area contributed by atoms with Crippen molar-refractivity contribution in [2.24, 2.45) is 0 Å². The molecule has 3 N–H and O–H groups in total. The van der Waals surface area contributed by atoms with E-state index in [-0.39, 0.29) is 19.8 Å². The van der Waals surface area contributed by atoms with Crippen LogP contribution in [0.2, 0.25) is 0 Å². The van der Waals surface area contributed by atoms with Crippen molar-refractivity contribution in [2.75, 3.05) is 19.8 Å². The summed E-state index contributed by atoms with van der Waals surface area (Å²) in [6, 6.07) is 0. The third kappa shape index (κ3) is 4.14. The molecule has 0 aromatic rings. The SMILES string of the molecule is OC/C=C(\CO)CCO. The Morgan fingerprint density at radius 2 is 1.89 bits per heavy atom. The maximum Gasteiger partial charge on any atom is 0.0643 e. The molecule has 0 rings (SSSR count). The van der Waals surface area contributed by atoms with Gasteiger partial charge >= 0.3 is 0 Å². The van der Waals surface area contributed by atoms with Gasteiger partial charge in [0.1, 0.15) is 0 Å². The van der Waals surface area contributed by atoms with Crippen LogP contribution in [0.4, 0.5) is 0 Å². The molecule has 0 amide bonds. The van der Waals surface area contributed by atoms with Gasteiger partial charge in [0.2, 0.25) is 0 Å². The first-order valence-corrected chi connectivity index (χ1v) is 2.85. The van der Waals surface area contributed by atoms with Gasteiger partial charge in [0.15, 0.2) is 0 Å². The molecule has 0 unspecified atom stereocenters. The van der Waals surface area contributed by atoms with Crippen LogP contribution in [0.5, 0.6) is 0 Å². The van der Waals surface area contributed by atoms with E-state index in [4.69, 9.17) is 15.3 Å². The standard InChI is InChI=1S/C6H12O3/c7-3-1-6(5-9)2-4-8/h1,7-9H,2-5H2/b6-1-. The number of hydrogen-bond acceptors (Lipinski definition) is 3. The number of rotatable bonds is 4. The van der Waals surface area contributed by atoms with E-state index in [9.17, 15) is 0 Å². The summed E-state index contributed by atoms with van der Waals surface area (Å²) in [4.78, 5) is 0. The highest BCUT2D eigenvalue weighted by atomic mass is 16.3. The summed E-state index contributed by atoms with van der Waals surface area (Å²) in [5.74, 6) is 0. The van der Waals surface area contributed by atoms with Crippen molar-refractivity contribution in [3.05, 3.63) is 11.6 Å². The van der Waals surface area contributed by atoms with E-state index in [2.05, 4.69) is 0 Å². The summed E-state index contributed by atoms with van der Waals surface area (Å²) in [7, 11) is 0. The highest BCUT2D eigenvalue weighted by Gasteiger charge is 1.91. The first kappa shape index (κ1) is 8.62. The number of aliphatic hydroxyl groups excluding tert-OH is 3. The van der Waals surface area contributed by atoms with Crippen LogP contribution in [0.15, 0.2) is 11.6 Å².